The van der Waals surface area contributed by atoms with Crippen molar-refractivity contribution in [2.24, 2.45) is 0 Å². The number of benzene rings is 4. The van der Waals surface area contributed by atoms with Crippen LogP contribution < -0.4 is 4.90 Å². The van der Waals surface area contributed by atoms with E-state index >= 15 is 0 Å². The van der Waals surface area contributed by atoms with Gasteiger partial charge in [-0.1, -0.05) is 60.7 Å². The van der Waals surface area contributed by atoms with Crippen molar-refractivity contribution in [3.8, 4) is 5.69 Å². The van der Waals surface area contributed by atoms with Crippen LogP contribution in [0.3, 0.4) is 0 Å². The quantitative estimate of drug-likeness (QED) is 0.262. The normalized spacial score (nSPS) is 26.6. The Morgan fingerprint density at radius 2 is 1.37 bits per heavy atom. The number of aryl methyl sites for hydroxylation is 1. The molecule has 3 fully saturated rings. The van der Waals surface area contributed by atoms with Crippen molar-refractivity contribution < 1.29 is 0 Å². The largest absolute Gasteiger partial charge is 0.358 e. The van der Waals surface area contributed by atoms with Gasteiger partial charge in [0.15, 0.2) is 0 Å². The van der Waals surface area contributed by atoms with Gasteiger partial charge in [0.25, 0.3) is 0 Å². The molecule has 4 heterocycles. The predicted molar refractivity (Wildman–Crippen MR) is 146 cm³/mol. The Morgan fingerprint density at radius 1 is 0.686 bits per heavy atom. The van der Waals surface area contributed by atoms with Crippen molar-refractivity contribution >= 4 is 27.5 Å². The molecule has 1 unspecified atom stereocenters. The maximum absolute atomic E-state index is 2.85. The van der Waals surface area contributed by atoms with E-state index in [0.717, 1.165) is 0 Å². The molecule has 1 atom stereocenters. The van der Waals surface area contributed by atoms with Gasteiger partial charge < -0.3 is 9.47 Å². The van der Waals surface area contributed by atoms with Crippen molar-refractivity contribution in [2.45, 2.75) is 56.5 Å². The minimum absolute atomic E-state index is 0.131. The lowest BCUT2D eigenvalue weighted by Crippen LogP contribution is -2.72. The zero-order valence-electron chi connectivity index (χ0n) is 20.5. The Bertz CT molecular complexity index is 1630. The van der Waals surface area contributed by atoms with Gasteiger partial charge >= 0.3 is 0 Å². The molecule has 2 bridgehead atoms. The molecule has 172 valence electrons. The summed E-state index contributed by atoms with van der Waals surface area (Å²) in [6.07, 6.45) is 5.21. The summed E-state index contributed by atoms with van der Waals surface area (Å²) in [7, 11) is 0. The van der Waals surface area contributed by atoms with E-state index in [0.29, 0.717) is 6.04 Å². The van der Waals surface area contributed by atoms with E-state index in [1.807, 2.05) is 0 Å². The third-order valence-corrected chi connectivity index (χ3v) is 9.85. The molecular formula is C33H30N2. The second-order valence-corrected chi connectivity index (χ2v) is 11.1. The first-order valence-corrected chi connectivity index (χ1v) is 13.1. The molecule has 0 spiro atoms. The predicted octanol–water partition coefficient (Wildman–Crippen LogP) is 8.02. The molecule has 2 nitrogen and oxygen atoms in total. The molecule has 2 saturated heterocycles. The van der Waals surface area contributed by atoms with Crippen LogP contribution in [-0.4, -0.2) is 10.6 Å². The first kappa shape index (κ1) is 19.8. The number of hydrogen-bond donors (Lipinski definition) is 0. The summed E-state index contributed by atoms with van der Waals surface area (Å²) in [5, 5.41) is 2.69. The van der Waals surface area contributed by atoms with Gasteiger partial charge in [-0.25, -0.2) is 0 Å². The highest BCUT2D eigenvalue weighted by molar-refractivity contribution is 6.10. The highest BCUT2D eigenvalue weighted by Gasteiger charge is 2.64. The van der Waals surface area contributed by atoms with Gasteiger partial charge in [0.05, 0.1) is 16.6 Å². The number of hydrogen-bond acceptors (Lipinski definition) is 1. The van der Waals surface area contributed by atoms with Crippen molar-refractivity contribution in [3.63, 3.8) is 0 Å². The molecule has 5 aromatic rings. The summed E-state index contributed by atoms with van der Waals surface area (Å²) < 4.78 is 2.44. The van der Waals surface area contributed by atoms with Crippen LogP contribution in [-0.2, 0) is 11.0 Å². The van der Waals surface area contributed by atoms with Gasteiger partial charge in [0, 0.05) is 33.6 Å². The maximum atomic E-state index is 2.85. The zero-order valence-corrected chi connectivity index (χ0v) is 20.5. The number of fused-ring (bicyclic) bond motifs is 3. The second kappa shape index (κ2) is 6.57. The topological polar surface area (TPSA) is 8.17 Å². The van der Waals surface area contributed by atoms with Gasteiger partial charge in [-0.15, -0.1) is 0 Å². The first-order valence-electron chi connectivity index (χ1n) is 13.1. The fraction of sp³-hybridized carbons (Fsp3) is 0.273. The minimum Gasteiger partial charge on any atom is -0.358 e. The fourth-order valence-electron chi connectivity index (χ4n) is 8.26. The highest BCUT2D eigenvalue weighted by atomic mass is 15.3. The second-order valence-electron chi connectivity index (χ2n) is 11.1. The summed E-state index contributed by atoms with van der Waals surface area (Å²) in [6, 6.07) is 34.5. The fourth-order valence-corrected chi connectivity index (χ4v) is 8.26. The molecule has 4 aromatic carbocycles. The van der Waals surface area contributed by atoms with Crippen LogP contribution in [0.2, 0.25) is 0 Å². The Hall–Kier alpha value is -3.52. The third-order valence-electron chi connectivity index (χ3n) is 9.85. The monoisotopic (exact) mass is 454 g/mol. The Kier molecular flexibility index (Phi) is 3.71. The maximum Gasteiger partial charge on any atom is 0.0660 e. The summed E-state index contributed by atoms with van der Waals surface area (Å²) >= 11 is 0. The third kappa shape index (κ3) is 2.26. The lowest BCUT2D eigenvalue weighted by Gasteiger charge is -2.70. The Morgan fingerprint density at radius 3 is 2.17 bits per heavy atom. The van der Waals surface area contributed by atoms with E-state index in [1.54, 1.807) is 11.1 Å². The van der Waals surface area contributed by atoms with E-state index < -0.39 is 0 Å². The van der Waals surface area contributed by atoms with E-state index in [1.165, 1.54) is 64.4 Å². The SMILES string of the molecule is Cc1cc2c(cc1N1C(C)C34CCC1(CC3)c1ccccc14)c1ccccc1n2-c1ccccc1. The number of aromatic nitrogens is 1. The summed E-state index contributed by atoms with van der Waals surface area (Å²) in [4.78, 5) is 2.85. The van der Waals surface area contributed by atoms with Gasteiger partial charge in [-0.2, -0.15) is 0 Å². The van der Waals surface area contributed by atoms with Crippen LogP contribution in [0, 0.1) is 6.92 Å². The van der Waals surface area contributed by atoms with Crippen LogP contribution in [0.25, 0.3) is 27.5 Å². The van der Waals surface area contributed by atoms with Gasteiger partial charge in [-0.3, -0.25) is 0 Å². The smallest absolute Gasteiger partial charge is 0.0660 e. The van der Waals surface area contributed by atoms with Gasteiger partial charge in [0.2, 0.25) is 0 Å². The lowest BCUT2D eigenvalue weighted by atomic mass is 9.47. The number of nitrogens with zero attached hydrogens (tertiary/aromatic N) is 2. The molecule has 6 aliphatic rings. The van der Waals surface area contributed by atoms with Crippen molar-refractivity contribution in [1.29, 1.82) is 0 Å². The summed E-state index contributed by atoms with van der Waals surface area (Å²) in [5.74, 6) is 0. The molecule has 3 aliphatic carbocycles. The molecular weight excluding hydrogens is 424 g/mol. The van der Waals surface area contributed by atoms with Crippen molar-refractivity contribution in [3.05, 3.63) is 108 Å². The molecule has 0 radical (unpaired) electrons. The molecule has 3 aliphatic heterocycles. The Labute approximate surface area is 206 Å². The molecule has 1 saturated carbocycles. The van der Waals surface area contributed by atoms with E-state index in [2.05, 4.69) is 114 Å². The molecule has 0 amide bonds. The highest BCUT2D eigenvalue weighted by Crippen LogP contribution is 2.66. The van der Waals surface area contributed by atoms with Crippen LogP contribution in [0.4, 0.5) is 5.69 Å². The average molecular weight is 455 g/mol. The van der Waals surface area contributed by atoms with Gasteiger partial charge in [-0.05, 0) is 86.6 Å². The lowest BCUT2D eigenvalue weighted by molar-refractivity contribution is 0.0555. The van der Waals surface area contributed by atoms with Gasteiger partial charge in [0.1, 0.15) is 0 Å². The first-order chi connectivity index (χ1) is 17.1. The van der Waals surface area contributed by atoms with Crippen LogP contribution in [0.1, 0.15) is 49.3 Å². The van der Waals surface area contributed by atoms with Crippen molar-refractivity contribution in [2.75, 3.05) is 4.90 Å². The molecule has 11 rings (SSSR count). The average Bonchev–Trinajstić information content (AvgIpc) is 3.23. The number of anilines is 1. The summed E-state index contributed by atoms with van der Waals surface area (Å²) in [6.45, 7) is 4.82. The van der Waals surface area contributed by atoms with Crippen molar-refractivity contribution in [1.82, 2.24) is 4.57 Å². The summed E-state index contributed by atoms with van der Waals surface area (Å²) in [5.41, 5.74) is 10.3. The number of rotatable bonds is 2. The molecule has 35 heavy (non-hydrogen) atoms. The van der Waals surface area contributed by atoms with E-state index in [-0.39, 0.29) is 11.0 Å². The molecule has 0 N–H and O–H groups in total. The number of para-hydroxylation sites is 2. The number of piperidine rings is 2. The standard InChI is InChI=1S/C33H30N2/c1-22-20-31-26(25-12-6-9-15-29(25)34(31)24-10-4-3-5-11-24)21-30(22)35-23(2)32-16-18-33(35,19-17-32)28-14-8-7-13-27(28)32/h3-15,20-21,23H,16-19H2,1-2H3. The zero-order chi connectivity index (χ0) is 23.4. The minimum atomic E-state index is 0.131. The van der Waals surface area contributed by atoms with Crippen LogP contribution >= 0.6 is 0 Å². The Balaban J connectivity index is 1.41. The van der Waals surface area contributed by atoms with Crippen LogP contribution in [0.15, 0.2) is 91.0 Å². The molecule has 1 aromatic heterocycles. The van der Waals surface area contributed by atoms with Crippen LogP contribution in [0.5, 0.6) is 0 Å². The van der Waals surface area contributed by atoms with E-state index in [4.69, 9.17) is 0 Å². The van der Waals surface area contributed by atoms with E-state index in [9.17, 15) is 0 Å². The molecule has 2 heteroatoms.